The highest BCUT2D eigenvalue weighted by atomic mass is 32.1. The molecular formula is C16H12F3N5OS. The number of rotatable bonds is 3. The van der Waals surface area contributed by atoms with Crippen LogP contribution in [-0.2, 0) is 6.54 Å². The molecule has 0 spiro atoms. The minimum atomic E-state index is -4.52. The summed E-state index contributed by atoms with van der Waals surface area (Å²) in [6.07, 6.45) is -4.52. The molecule has 0 aliphatic carbocycles. The lowest BCUT2D eigenvalue weighted by Gasteiger charge is -2.12. The number of alkyl halides is 3. The van der Waals surface area contributed by atoms with Crippen LogP contribution in [0.3, 0.4) is 0 Å². The molecule has 0 fully saturated rings. The van der Waals surface area contributed by atoms with Crippen molar-refractivity contribution in [3.8, 4) is 6.07 Å². The zero-order valence-electron chi connectivity index (χ0n) is 13.7. The van der Waals surface area contributed by atoms with Gasteiger partial charge in [-0.1, -0.05) is 0 Å². The molecule has 0 radical (unpaired) electrons. The fourth-order valence-corrected chi connectivity index (χ4v) is 3.34. The number of carbonyl (C=O) groups excluding carboxylic acids is 1. The number of aryl methyl sites for hydroxylation is 2. The van der Waals surface area contributed by atoms with Gasteiger partial charge in [-0.3, -0.25) is 10.1 Å². The Morgan fingerprint density at radius 3 is 2.65 bits per heavy atom. The van der Waals surface area contributed by atoms with Crippen molar-refractivity contribution < 1.29 is 18.0 Å². The Balaban J connectivity index is 2.06. The Hall–Kier alpha value is -2.93. The van der Waals surface area contributed by atoms with Crippen molar-refractivity contribution in [3.05, 3.63) is 39.3 Å². The summed E-state index contributed by atoms with van der Waals surface area (Å²) in [4.78, 5) is 21.0. The SMILES string of the molecule is Cc1nc(C)c(C(=O)Nc2nc3ccc(C#N)cc3n2CC(F)(F)F)s1. The van der Waals surface area contributed by atoms with Gasteiger partial charge in [-0.25, -0.2) is 9.97 Å². The lowest BCUT2D eigenvalue weighted by atomic mass is 10.2. The Bertz CT molecular complexity index is 1040. The van der Waals surface area contributed by atoms with Crippen molar-refractivity contribution in [1.29, 1.82) is 5.26 Å². The third-order valence-electron chi connectivity index (χ3n) is 3.55. The first-order chi connectivity index (χ1) is 12.2. The number of nitrogens with zero attached hydrogens (tertiary/aromatic N) is 4. The van der Waals surface area contributed by atoms with Crippen molar-refractivity contribution in [2.75, 3.05) is 5.32 Å². The zero-order valence-corrected chi connectivity index (χ0v) is 14.5. The first-order valence-electron chi connectivity index (χ1n) is 7.40. The lowest BCUT2D eigenvalue weighted by molar-refractivity contribution is -0.139. The number of thiazole rings is 1. The van der Waals surface area contributed by atoms with Crippen LogP contribution in [-0.4, -0.2) is 26.6 Å². The molecule has 0 atom stereocenters. The molecule has 134 valence electrons. The number of amides is 1. The maximum atomic E-state index is 13.0. The van der Waals surface area contributed by atoms with E-state index in [4.69, 9.17) is 5.26 Å². The van der Waals surface area contributed by atoms with Crippen LogP contribution in [0, 0.1) is 25.2 Å². The number of fused-ring (bicyclic) bond motifs is 1. The fraction of sp³-hybridized carbons (Fsp3) is 0.250. The average molecular weight is 379 g/mol. The van der Waals surface area contributed by atoms with Crippen LogP contribution < -0.4 is 5.32 Å². The van der Waals surface area contributed by atoms with Gasteiger partial charge in [-0.15, -0.1) is 11.3 Å². The normalized spacial score (nSPS) is 11.5. The molecule has 1 amide bonds. The number of nitrogens with one attached hydrogen (secondary N) is 1. The molecule has 0 saturated carbocycles. The topological polar surface area (TPSA) is 83.6 Å². The van der Waals surface area contributed by atoms with Gasteiger partial charge >= 0.3 is 6.18 Å². The maximum absolute atomic E-state index is 13.0. The summed E-state index contributed by atoms with van der Waals surface area (Å²) in [6, 6.07) is 6.09. The summed E-state index contributed by atoms with van der Waals surface area (Å²) in [5.41, 5.74) is 1.07. The highest BCUT2D eigenvalue weighted by molar-refractivity contribution is 7.13. The molecule has 0 unspecified atom stereocenters. The third-order valence-corrected chi connectivity index (χ3v) is 4.62. The molecule has 0 aliphatic rings. The molecule has 6 nitrogen and oxygen atoms in total. The molecule has 10 heteroatoms. The highest BCUT2D eigenvalue weighted by Crippen LogP contribution is 2.27. The van der Waals surface area contributed by atoms with Gasteiger partial charge in [0.1, 0.15) is 11.4 Å². The van der Waals surface area contributed by atoms with Crippen molar-refractivity contribution in [1.82, 2.24) is 14.5 Å². The van der Waals surface area contributed by atoms with Gasteiger partial charge in [0.05, 0.1) is 33.4 Å². The Kier molecular flexibility index (Phi) is 4.41. The lowest BCUT2D eigenvalue weighted by Crippen LogP contribution is -2.22. The number of hydrogen-bond donors (Lipinski definition) is 1. The Morgan fingerprint density at radius 2 is 2.08 bits per heavy atom. The van der Waals surface area contributed by atoms with Gasteiger partial charge in [-0.2, -0.15) is 18.4 Å². The molecule has 2 heterocycles. The number of carbonyl (C=O) groups is 1. The van der Waals surface area contributed by atoms with E-state index in [1.54, 1.807) is 13.8 Å². The average Bonchev–Trinajstić information content (AvgIpc) is 3.05. The summed E-state index contributed by atoms with van der Waals surface area (Å²) in [6.45, 7) is 2.04. The standard InChI is InChI=1S/C16H12F3N5OS/c1-8-13(26-9(2)21-8)14(25)23-15-22-11-4-3-10(6-20)5-12(11)24(15)7-16(17,18)19/h3-5H,7H2,1-2H3,(H,22,23,25). The maximum Gasteiger partial charge on any atom is 0.406 e. The summed E-state index contributed by atoms with van der Waals surface area (Å²) in [5, 5.41) is 12.1. The molecule has 3 rings (SSSR count). The summed E-state index contributed by atoms with van der Waals surface area (Å²) >= 11 is 1.15. The molecule has 2 aromatic heterocycles. The highest BCUT2D eigenvalue weighted by Gasteiger charge is 2.31. The van der Waals surface area contributed by atoms with E-state index in [0.717, 1.165) is 15.9 Å². The van der Waals surface area contributed by atoms with Crippen LogP contribution in [0.25, 0.3) is 11.0 Å². The molecule has 0 aliphatic heterocycles. The van der Waals surface area contributed by atoms with Crippen LogP contribution in [0.15, 0.2) is 18.2 Å². The minimum absolute atomic E-state index is 0.119. The molecular weight excluding hydrogens is 367 g/mol. The van der Waals surface area contributed by atoms with Crippen molar-refractivity contribution >= 4 is 34.2 Å². The molecule has 3 aromatic rings. The van der Waals surface area contributed by atoms with E-state index in [0.29, 0.717) is 15.6 Å². The van der Waals surface area contributed by atoms with Gasteiger partial charge in [0.2, 0.25) is 5.95 Å². The van der Waals surface area contributed by atoms with E-state index >= 15 is 0 Å². The van der Waals surface area contributed by atoms with E-state index in [1.807, 2.05) is 6.07 Å². The predicted octanol–water partition coefficient (Wildman–Crippen LogP) is 3.80. The number of hydrogen-bond acceptors (Lipinski definition) is 5. The van der Waals surface area contributed by atoms with Crippen LogP contribution in [0.5, 0.6) is 0 Å². The third kappa shape index (κ3) is 3.52. The number of halogens is 3. The van der Waals surface area contributed by atoms with Gasteiger partial charge < -0.3 is 4.57 Å². The smallest absolute Gasteiger partial charge is 0.301 e. The van der Waals surface area contributed by atoms with Crippen LogP contribution in [0.2, 0.25) is 0 Å². The van der Waals surface area contributed by atoms with Crippen LogP contribution in [0.4, 0.5) is 19.1 Å². The Labute approximate surface area is 149 Å². The fourth-order valence-electron chi connectivity index (χ4n) is 2.53. The monoisotopic (exact) mass is 379 g/mol. The van der Waals surface area contributed by atoms with Gasteiger partial charge in [0, 0.05) is 0 Å². The van der Waals surface area contributed by atoms with Gasteiger partial charge in [0.25, 0.3) is 5.91 Å². The second-order valence-electron chi connectivity index (χ2n) is 5.55. The molecule has 0 bridgehead atoms. The number of anilines is 1. The van der Waals surface area contributed by atoms with E-state index in [2.05, 4.69) is 15.3 Å². The number of imidazole rings is 1. The molecule has 0 saturated heterocycles. The molecule has 1 N–H and O–H groups in total. The van der Waals surface area contributed by atoms with Crippen molar-refractivity contribution in [2.24, 2.45) is 0 Å². The number of aromatic nitrogens is 3. The van der Waals surface area contributed by atoms with E-state index < -0.39 is 18.6 Å². The first kappa shape index (κ1) is 17.9. The minimum Gasteiger partial charge on any atom is -0.301 e. The van der Waals surface area contributed by atoms with E-state index in [9.17, 15) is 18.0 Å². The summed E-state index contributed by atoms with van der Waals surface area (Å²) in [5.74, 6) is -0.810. The molecule has 1 aromatic carbocycles. The van der Waals surface area contributed by atoms with Crippen LogP contribution in [0.1, 0.15) is 25.9 Å². The predicted molar refractivity (Wildman–Crippen MR) is 90.0 cm³/mol. The second kappa shape index (κ2) is 6.42. The van der Waals surface area contributed by atoms with E-state index in [1.165, 1.54) is 18.2 Å². The molecule has 26 heavy (non-hydrogen) atoms. The Morgan fingerprint density at radius 1 is 1.35 bits per heavy atom. The second-order valence-corrected chi connectivity index (χ2v) is 6.76. The number of nitriles is 1. The summed E-state index contributed by atoms with van der Waals surface area (Å²) < 4.78 is 39.9. The van der Waals surface area contributed by atoms with Gasteiger partial charge in [0.15, 0.2) is 0 Å². The first-order valence-corrected chi connectivity index (χ1v) is 8.22. The van der Waals surface area contributed by atoms with Crippen molar-refractivity contribution in [3.63, 3.8) is 0 Å². The van der Waals surface area contributed by atoms with Gasteiger partial charge in [-0.05, 0) is 32.0 Å². The summed E-state index contributed by atoms with van der Waals surface area (Å²) in [7, 11) is 0. The number of benzene rings is 1. The largest absolute Gasteiger partial charge is 0.406 e. The van der Waals surface area contributed by atoms with Crippen molar-refractivity contribution in [2.45, 2.75) is 26.6 Å². The van der Waals surface area contributed by atoms with E-state index in [-0.39, 0.29) is 22.5 Å². The van der Waals surface area contributed by atoms with Crippen LogP contribution >= 0.6 is 11.3 Å². The quantitative estimate of drug-likeness (QED) is 0.750. The zero-order chi connectivity index (χ0) is 19.1.